The van der Waals surface area contributed by atoms with Gasteiger partial charge in [-0.1, -0.05) is 19.1 Å². The van der Waals surface area contributed by atoms with Crippen LogP contribution >= 0.6 is 0 Å². The molecule has 0 fully saturated rings. The van der Waals surface area contributed by atoms with Crippen LogP contribution in [0, 0.1) is 13.8 Å². The molecular weight excluding hydrogens is 282 g/mol. The van der Waals surface area contributed by atoms with Gasteiger partial charge in [0.1, 0.15) is 0 Å². The predicted octanol–water partition coefficient (Wildman–Crippen LogP) is 3.78. The molecule has 0 N–H and O–H groups in total. The van der Waals surface area contributed by atoms with Crippen molar-refractivity contribution < 1.29 is 8.42 Å². The molecule has 4 heteroatoms. The third-order valence-electron chi connectivity index (χ3n) is 3.97. The fourth-order valence-electron chi connectivity index (χ4n) is 3.12. The molecule has 0 radical (unpaired) electrons. The first-order valence-corrected chi connectivity index (χ1v) is 8.92. The van der Waals surface area contributed by atoms with Gasteiger partial charge in [0, 0.05) is 10.8 Å². The van der Waals surface area contributed by atoms with E-state index in [4.69, 9.17) is 0 Å². The van der Waals surface area contributed by atoms with E-state index in [0.717, 1.165) is 39.4 Å². The van der Waals surface area contributed by atoms with Gasteiger partial charge in [-0.2, -0.15) is 0 Å². The second-order valence-corrected chi connectivity index (χ2v) is 7.54. The summed E-state index contributed by atoms with van der Waals surface area (Å²) in [4.78, 5) is 0. The average Bonchev–Trinajstić information content (AvgIpc) is 2.70. The van der Waals surface area contributed by atoms with Crippen LogP contribution in [-0.2, 0) is 16.4 Å². The minimum atomic E-state index is -3.35. The van der Waals surface area contributed by atoms with E-state index in [2.05, 4.69) is 19.1 Å². The Hall–Kier alpha value is -1.81. The highest BCUT2D eigenvalue weighted by molar-refractivity contribution is 7.89. The van der Waals surface area contributed by atoms with Crippen LogP contribution in [0.4, 0.5) is 0 Å². The van der Waals surface area contributed by atoms with Crippen molar-refractivity contribution >= 4 is 31.8 Å². The van der Waals surface area contributed by atoms with E-state index in [-0.39, 0.29) is 0 Å². The molecule has 2 aromatic carbocycles. The largest absolute Gasteiger partial charge is 0.237 e. The summed E-state index contributed by atoms with van der Waals surface area (Å²) >= 11 is 0. The second-order valence-electron chi connectivity index (χ2n) is 5.71. The number of fused-ring (bicyclic) bond motifs is 3. The summed E-state index contributed by atoms with van der Waals surface area (Å²) in [6.07, 6.45) is 2.20. The van der Waals surface area contributed by atoms with Gasteiger partial charge in [-0.25, -0.2) is 12.4 Å². The zero-order valence-electron chi connectivity index (χ0n) is 12.8. The zero-order chi connectivity index (χ0) is 15.4. The molecule has 0 aliphatic rings. The Kier molecular flexibility index (Phi) is 3.10. The molecule has 110 valence electrons. The summed E-state index contributed by atoms with van der Waals surface area (Å²) in [6, 6.07) is 10.1. The van der Waals surface area contributed by atoms with Crippen LogP contribution in [0.2, 0.25) is 0 Å². The number of benzene rings is 2. The van der Waals surface area contributed by atoms with Crippen molar-refractivity contribution in [3.63, 3.8) is 0 Å². The molecule has 0 aliphatic carbocycles. The standard InChI is InChI=1S/C17H19NO2S/c1-5-13-6-7-15-14(10-13)17-12(3)8-11(2)9-16(17)18(15)21(4,19)20/h6-10H,5H2,1-4H3. The third kappa shape index (κ3) is 2.14. The van der Waals surface area contributed by atoms with E-state index in [0.29, 0.717) is 0 Å². The van der Waals surface area contributed by atoms with Crippen molar-refractivity contribution in [1.29, 1.82) is 0 Å². The molecule has 0 spiro atoms. The van der Waals surface area contributed by atoms with Gasteiger partial charge in [0.25, 0.3) is 0 Å². The summed E-state index contributed by atoms with van der Waals surface area (Å²) in [6.45, 7) is 6.14. The van der Waals surface area contributed by atoms with Crippen LogP contribution in [0.15, 0.2) is 30.3 Å². The predicted molar refractivity (Wildman–Crippen MR) is 88.5 cm³/mol. The molecule has 1 heterocycles. The van der Waals surface area contributed by atoms with Crippen molar-refractivity contribution in [3.8, 4) is 0 Å². The monoisotopic (exact) mass is 301 g/mol. The van der Waals surface area contributed by atoms with E-state index >= 15 is 0 Å². The summed E-state index contributed by atoms with van der Waals surface area (Å²) < 4.78 is 26.0. The quantitative estimate of drug-likeness (QED) is 0.722. The molecule has 0 atom stereocenters. The number of hydrogen-bond donors (Lipinski definition) is 0. The first-order valence-electron chi connectivity index (χ1n) is 7.07. The summed E-state index contributed by atoms with van der Waals surface area (Å²) in [5.41, 5.74) is 4.95. The lowest BCUT2D eigenvalue weighted by atomic mass is 10.0. The minimum absolute atomic E-state index is 0.762. The van der Waals surface area contributed by atoms with Gasteiger partial charge in [0.2, 0.25) is 10.0 Å². The Morgan fingerprint density at radius 1 is 1.05 bits per heavy atom. The van der Waals surface area contributed by atoms with E-state index in [1.165, 1.54) is 15.8 Å². The maximum atomic E-state index is 12.3. The van der Waals surface area contributed by atoms with E-state index in [9.17, 15) is 8.42 Å². The van der Waals surface area contributed by atoms with Gasteiger partial charge in [0.05, 0.1) is 17.3 Å². The summed E-state index contributed by atoms with van der Waals surface area (Å²) in [5, 5.41) is 2.06. The Balaban J connectivity index is 2.65. The minimum Gasteiger partial charge on any atom is -0.237 e. The molecule has 21 heavy (non-hydrogen) atoms. The Bertz CT molecular complexity index is 966. The lowest BCUT2D eigenvalue weighted by Gasteiger charge is -2.05. The highest BCUT2D eigenvalue weighted by atomic mass is 32.2. The maximum absolute atomic E-state index is 12.3. The van der Waals surface area contributed by atoms with Gasteiger partial charge < -0.3 is 0 Å². The van der Waals surface area contributed by atoms with Gasteiger partial charge in [-0.3, -0.25) is 0 Å². The normalized spacial score (nSPS) is 12.4. The highest BCUT2D eigenvalue weighted by Gasteiger charge is 2.18. The fourth-order valence-corrected chi connectivity index (χ4v) is 4.14. The molecule has 3 aromatic rings. The summed E-state index contributed by atoms with van der Waals surface area (Å²) in [5.74, 6) is 0. The molecule has 0 saturated heterocycles. The fraction of sp³-hybridized carbons (Fsp3) is 0.294. The Labute approximate surface area is 125 Å². The van der Waals surface area contributed by atoms with Crippen molar-refractivity contribution in [1.82, 2.24) is 3.97 Å². The first-order chi connectivity index (χ1) is 9.82. The molecule has 0 saturated carbocycles. The number of nitrogens with zero attached hydrogens (tertiary/aromatic N) is 1. The van der Waals surface area contributed by atoms with Crippen molar-refractivity contribution in [3.05, 3.63) is 47.0 Å². The van der Waals surface area contributed by atoms with Crippen LogP contribution in [0.3, 0.4) is 0 Å². The highest BCUT2D eigenvalue weighted by Crippen LogP contribution is 2.34. The SMILES string of the molecule is CCc1ccc2c(c1)c1c(C)cc(C)cc1n2S(C)(=O)=O. The van der Waals surface area contributed by atoms with Gasteiger partial charge in [-0.15, -0.1) is 0 Å². The second kappa shape index (κ2) is 4.60. The van der Waals surface area contributed by atoms with Crippen LogP contribution in [0.5, 0.6) is 0 Å². The molecular formula is C17H19NO2S. The molecule has 0 amide bonds. The first kappa shape index (κ1) is 14.1. The summed E-state index contributed by atoms with van der Waals surface area (Å²) in [7, 11) is -3.35. The van der Waals surface area contributed by atoms with Crippen molar-refractivity contribution in [2.75, 3.05) is 6.26 Å². The molecule has 0 unspecified atom stereocenters. The van der Waals surface area contributed by atoms with Gasteiger partial charge in [0.15, 0.2) is 0 Å². The van der Waals surface area contributed by atoms with Crippen LogP contribution in [0.25, 0.3) is 21.8 Å². The zero-order valence-corrected chi connectivity index (χ0v) is 13.6. The van der Waals surface area contributed by atoms with Crippen molar-refractivity contribution in [2.24, 2.45) is 0 Å². The lowest BCUT2D eigenvalue weighted by Crippen LogP contribution is -2.09. The van der Waals surface area contributed by atoms with E-state index in [1.54, 1.807) is 0 Å². The lowest BCUT2D eigenvalue weighted by molar-refractivity contribution is 0.596. The molecule has 0 aliphatic heterocycles. The third-order valence-corrected chi connectivity index (χ3v) is 5.02. The van der Waals surface area contributed by atoms with Crippen LogP contribution < -0.4 is 0 Å². The number of aromatic nitrogens is 1. The van der Waals surface area contributed by atoms with Gasteiger partial charge in [-0.05, 0) is 55.2 Å². The molecule has 3 rings (SSSR count). The molecule has 3 nitrogen and oxygen atoms in total. The van der Waals surface area contributed by atoms with Crippen LogP contribution in [-0.4, -0.2) is 18.6 Å². The Morgan fingerprint density at radius 3 is 2.38 bits per heavy atom. The van der Waals surface area contributed by atoms with E-state index < -0.39 is 10.0 Å². The van der Waals surface area contributed by atoms with Gasteiger partial charge >= 0.3 is 0 Å². The van der Waals surface area contributed by atoms with Crippen molar-refractivity contribution in [2.45, 2.75) is 27.2 Å². The molecule has 1 aromatic heterocycles. The maximum Gasteiger partial charge on any atom is 0.236 e. The average molecular weight is 301 g/mol. The molecule has 0 bridgehead atoms. The Morgan fingerprint density at radius 2 is 1.76 bits per heavy atom. The van der Waals surface area contributed by atoms with E-state index in [1.807, 2.05) is 32.0 Å². The topological polar surface area (TPSA) is 39.1 Å². The van der Waals surface area contributed by atoms with Crippen LogP contribution in [0.1, 0.15) is 23.6 Å². The number of hydrogen-bond acceptors (Lipinski definition) is 2. The number of rotatable bonds is 2. The number of aryl methyl sites for hydroxylation is 3. The smallest absolute Gasteiger partial charge is 0.236 e.